The molecule has 0 aliphatic carbocycles. The monoisotopic (exact) mass is 358 g/mol. The van der Waals surface area contributed by atoms with Gasteiger partial charge in [-0.1, -0.05) is 12.1 Å². The first-order chi connectivity index (χ1) is 12.6. The first-order valence-corrected chi connectivity index (χ1v) is 8.30. The molecular weight excluding hydrogens is 336 g/mol. The van der Waals surface area contributed by atoms with Crippen LogP contribution in [0.1, 0.15) is 25.7 Å². The summed E-state index contributed by atoms with van der Waals surface area (Å²) in [7, 11) is 3.09. The van der Waals surface area contributed by atoms with E-state index in [0.717, 1.165) is 0 Å². The van der Waals surface area contributed by atoms with E-state index >= 15 is 0 Å². The van der Waals surface area contributed by atoms with Crippen molar-refractivity contribution in [2.45, 2.75) is 25.7 Å². The molecule has 0 radical (unpaired) electrons. The first-order valence-electron chi connectivity index (χ1n) is 8.30. The van der Waals surface area contributed by atoms with E-state index in [2.05, 4.69) is 0 Å². The second-order valence-electron chi connectivity index (χ2n) is 5.51. The Morgan fingerprint density at radius 3 is 1.46 bits per heavy atom. The Morgan fingerprint density at radius 1 is 0.692 bits per heavy atom. The zero-order chi connectivity index (χ0) is 18.8. The fourth-order valence-corrected chi connectivity index (χ4v) is 2.23. The Balaban J connectivity index is 1.67. The van der Waals surface area contributed by atoms with Crippen LogP contribution in [0.15, 0.2) is 48.5 Å². The van der Waals surface area contributed by atoms with Crippen LogP contribution in [-0.4, -0.2) is 26.2 Å². The summed E-state index contributed by atoms with van der Waals surface area (Å²) in [6.07, 6.45) is 1.53. The molecule has 0 aliphatic heterocycles. The number of hydrogen-bond acceptors (Lipinski definition) is 6. The Kier molecular flexibility index (Phi) is 7.49. The average Bonchev–Trinajstić information content (AvgIpc) is 2.65. The largest absolute Gasteiger partial charge is 0.497 e. The highest BCUT2D eigenvalue weighted by Gasteiger charge is 2.09. The lowest BCUT2D eigenvalue weighted by Gasteiger charge is -2.07. The SMILES string of the molecule is COc1cccc(OC(=O)CCCCC(=O)Oc2cccc(OC)c2)c1. The van der Waals surface area contributed by atoms with Crippen LogP contribution in [0.2, 0.25) is 0 Å². The van der Waals surface area contributed by atoms with Gasteiger partial charge in [0.2, 0.25) is 0 Å². The van der Waals surface area contributed by atoms with Crippen LogP contribution in [0.3, 0.4) is 0 Å². The number of carbonyl (C=O) groups excluding carboxylic acids is 2. The van der Waals surface area contributed by atoms with Gasteiger partial charge in [-0.05, 0) is 37.1 Å². The average molecular weight is 358 g/mol. The highest BCUT2D eigenvalue weighted by Crippen LogP contribution is 2.21. The summed E-state index contributed by atoms with van der Waals surface area (Å²) in [4.78, 5) is 23.7. The molecule has 2 aromatic rings. The molecule has 2 rings (SSSR count). The molecule has 0 aromatic heterocycles. The maximum Gasteiger partial charge on any atom is 0.311 e. The van der Waals surface area contributed by atoms with Gasteiger partial charge in [-0.15, -0.1) is 0 Å². The van der Waals surface area contributed by atoms with Crippen molar-refractivity contribution in [3.8, 4) is 23.0 Å². The van der Waals surface area contributed by atoms with Crippen LogP contribution < -0.4 is 18.9 Å². The van der Waals surface area contributed by atoms with E-state index in [-0.39, 0.29) is 24.8 Å². The number of ether oxygens (including phenoxy) is 4. The van der Waals surface area contributed by atoms with Crippen molar-refractivity contribution in [1.29, 1.82) is 0 Å². The molecule has 0 saturated carbocycles. The van der Waals surface area contributed by atoms with Crippen LogP contribution in [0.4, 0.5) is 0 Å². The molecule has 6 heteroatoms. The quantitative estimate of drug-likeness (QED) is 0.386. The minimum absolute atomic E-state index is 0.226. The molecule has 0 N–H and O–H groups in total. The van der Waals surface area contributed by atoms with Gasteiger partial charge in [0, 0.05) is 25.0 Å². The van der Waals surface area contributed by atoms with Crippen LogP contribution >= 0.6 is 0 Å². The van der Waals surface area contributed by atoms with E-state index in [1.807, 2.05) is 0 Å². The molecule has 2 aromatic carbocycles. The first kappa shape index (κ1) is 19.3. The van der Waals surface area contributed by atoms with Gasteiger partial charge in [0.25, 0.3) is 0 Å². The lowest BCUT2D eigenvalue weighted by atomic mass is 10.2. The van der Waals surface area contributed by atoms with E-state index in [4.69, 9.17) is 18.9 Å². The van der Waals surface area contributed by atoms with E-state index < -0.39 is 0 Å². The van der Waals surface area contributed by atoms with Crippen LogP contribution in [-0.2, 0) is 9.59 Å². The van der Waals surface area contributed by atoms with Gasteiger partial charge in [-0.3, -0.25) is 9.59 Å². The highest BCUT2D eigenvalue weighted by molar-refractivity contribution is 5.73. The van der Waals surface area contributed by atoms with Gasteiger partial charge < -0.3 is 18.9 Å². The van der Waals surface area contributed by atoms with Crippen molar-refractivity contribution >= 4 is 11.9 Å². The molecule has 0 amide bonds. The third-order valence-corrected chi connectivity index (χ3v) is 3.56. The van der Waals surface area contributed by atoms with Gasteiger partial charge in [-0.25, -0.2) is 0 Å². The van der Waals surface area contributed by atoms with Crippen LogP contribution in [0, 0.1) is 0 Å². The topological polar surface area (TPSA) is 71.1 Å². The number of methoxy groups -OCH3 is 2. The summed E-state index contributed by atoms with van der Waals surface area (Å²) in [6, 6.07) is 13.7. The van der Waals surface area contributed by atoms with Gasteiger partial charge in [-0.2, -0.15) is 0 Å². The van der Waals surface area contributed by atoms with Crippen molar-refractivity contribution in [3.05, 3.63) is 48.5 Å². The minimum Gasteiger partial charge on any atom is -0.497 e. The summed E-state index contributed by atoms with van der Waals surface area (Å²) in [5.41, 5.74) is 0. The highest BCUT2D eigenvalue weighted by atomic mass is 16.5. The molecule has 0 unspecified atom stereocenters. The fourth-order valence-electron chi connectivity index (χ4n) is 2.23. The van der Waals surface area contributed by atoms with Gasteiger partial charge >= 0.3 is 11.9 Å². The van der Waals surface area contributed by atoms with E-state index in [9.17, 15) is 9.59 Å². The lowest BCUT2D eigenvalue weighted by molar-refractivity contribution is -0.136. The van der Waals surface area contributed by atoms with Gasteiger partial charge in [0.05, 0.1) is 14.2 Å². The van der Waals surface area contributed by atoms with Gasteiger partial charge in [0.15, 0.2) is 0 Å². The third kappa shape index (κ3) is 6.47. The predicted molar refractivity (Wildman–Crippen MR) is 95.7 cm³/mol. The summed E-state index contributed by atoms with van der Waals surface area (Å²) >= 11 is 0. The molecular formula is C20H22O6. The van der Waals surface area contributed by atoms with E-state index in [1.165, 1.54) is 0 Å². The zero-order valence-electron chi connectivity index (χ0n) is 14.9. The zero-order valence-corrected chi connectivity index (χ0v) is 14.9. The fraction of sp³-hybridized carbons (Fsp3) is 0.300. The normalized spacial score (nSPS) is 10.1. The lowest BCUT2D eigenvalue weighted by Crippen LogP contribution is -2.10. The van der Waals surface area contributed by atoms with Crippen molar-refractivity contribution in [2.24, 2.45) is 0 Å². The number of benzene rings is 2. The number of unbranched alkanes of at least 4 members (excludes halogenated alkanes) is 1. The van der Waals surface area contributed by atoms with Crippen molar-refractivity contribution in [2.75, 3.05) is 14.2 Å². The smallest absolute Gasteiger partial charge is 0.311 e. The summed E-state index contributed by atoms with van der Waals surface area (Å²) in [5, 5.41) is 0. The molecule has 138 valence electrons. The molecule has 0 saturated heterocycles. The third-order valence-electron chi connectivity index (χ3n) is 3.56. The summed E-state index contributed by atoms with van der Waals surface area (Å²) in [6.45, 7) is 0. The molecule has 0 atom stereocenters. The predicted octanol–water partition coefficient (Wildman–Crippen LogP) is 3.78. The number of hydrogen-bond donors (Lipinski definition) is 0. The van der Waals surface area contributed by atoms with Crippen molar-refractivity contribution in [3.63, 3.8) is 0 Å². The molecule has 0 heterocycles. The maximum atomic E-state index is 11.8. The molecule has 0 spiro atoms. The standard InChI is InChI=1S/C20H22O6/c1-23-15-7-5-9-17(13-15)25-19(21)11-3-4-12-20(22)26-18-10-6-8-16(14-18)24-2/h5-10,13-14H,3-4,11-12H2,1-2H3. The minimum atomic E-state index is -0.348. The second kappa shape index (κ2) is 10.1. The van der Waals surface area contributed by atoms with E-state index in [1.54, 1.807) is 62.8 Å². The summed E-state index contributed by atoms with van der Waals surface area (Å²) < 4.78 is 20.6. The Labute approximate surface area is 152 Å². The summed E-state index contributed by atoms with van der Waals surface area (Å²) in [5.74, 6) is 1.42. The molecule has 0 aliphatic rings. The molecule has 26 heavy (non-hydrogen) atoms. The van der Waals surface area contributed by atoms with Crippen LogP contribution in [0.25, 0.3) is 0 Å². The number of rotatable bonds is 9. The number of esters is 2. The maximum absolute atomic E-state index is 11.8. The molecule has 6 nitrogen and oxygen atoms in total. The second-order valence-corrected chi connectivity index (χ2v) is 5.51. The molecule has 0 fully saturated rings. The van der Waals surface area contributed by atoms with E-state index in [0.29, 0.717) is 35.8 Å². The molecule has 0 bridgehead atoms. The van der Waals surface area contributed by atoms with Crippen molar-refractivity contribution < 1.29 is 28.5 Å². The van der Waals surface area contributed by atoms with Crippen molar-refractivity contribution in [1.82, 2.24) is 0 Å². The Morgan fingerprint density at radius 2 is 1.08 bits per heavy atom. The number of carbonyl (C=O) groups is 2. The van der Waals surface area contributed by atoms with Crippen LogP contribution in [0.5, 0.6) is 23.0 Å². The Bertz CT molecular complexity index is 677. The van der Waals surface area contributed by atoms with Gasteiger partial charge in [0.1, 0.15) is 23.0 Å². The Hall–Kier alpha value is -3.02.